The van der Waals surface area contributed by atoms with Gasteiger partial charge in [-0.1, -0.05) is 0 Å². The van der Waals surface area contributed by atoms with Crippen LogP contribution in [0, 0.1) is 0 Å². The van der Waals surface area contributed by atoms with E-state index < -0.39 is 0 Å². The summed E-state index contributed by atoms with van der Waals surface area (Å²) in [5, 5.41) is 12.0. The highest BCUT2D eigenvalue weighted by Crippen LogP contribution is 2.26. The summed E-state index contributed by atoms with van der Waals surface area (Å²) in [4.78, 5) is 4.16. The fourth-order valence-corrected chi connectivity index (χ4v) is 2.28. The van der Waals surface area contributed by atoms with E-state index in [-0.39, 0.29) is 0 Å². The third kappa shape index (κ3) is 1.51. The first-order valence-corrected chi connectivity index (χ1v) is 5.44. The molecule has 1 atom stereocenters. The predicted molar refractivity (Wildman–Crippen MR) is 58.7 cm³/mol. The van der Waals surface area contributed by atoms with Crippen LogP contribution in [0.4, 0.5) is 0 Å². The first-order chi connectivity index (χ1) is 7.45. The third-order valence-electron chi connectivity index (χ3n) is 3.09. The molecule has 1 saturated heterocycles. The molecule has 0 bridgehead atoms. The number of nitrogens with zero attached hydrogens (tertiary/aromatic N) is 2. The summed E-state index contributed by atoms with van der Waals surface area (Å²) in [6, 6.07) is 1.95. The molecule has 1 aliphatic rings. The molecular weight excluding hydrogens is 188 g/mol. The molecule has 4 nitrogen and oxygen atoms in total. The molecule has 0 saturated carbocycles. The number of nitrogens with one attached hydrogen (secondary N) is 2. The van der Waals surface area contributed by atoms with E-state index in [1.807, 2.05) is 12.3 Å². The van der Waals surface area contributed by atoms with E-state index in [0.717, 1.165) is 18.6 Å². The normalized spacial score (nSPS) is 22.0. The Kier molecular flexibility index (Phi) is 2.14. The highest BCUT2D eigenvalue weighted by atomic mass is 15.1. The molecule has 1 unspecified atom stereocenters. The summed E-state index contributed by atoms with van der Waals surface area (Å²) in [5.74, 6) is 0.563. The van der Waals surface area contributed by atoms with Crippen LogP contribution in [0.3, 0.4) is 0 Å². The van der Waals surface area contributed by atoms with Gasteiger partial charge in [-0.25, -0.2) is 0 Å². The van der Waals surface area contributed by atoms with E-state index in [0.29, 0.717) is 5.92 Å². The number of fused-ring (bicyclic) bond motifs is 1. The second kappa shape index (κ2) is 3.62. The SMILES string of the molecule is c1cc2n[nH]c(C3CCCNC3)c2cn1. The van der Waals surface area contributed by atoms with Crippen molar-refractivity contribution in [2.24, 2.45) is 0 Å². The van der Waals surface area contributed by atoms with Gasteiger partial charge in [0, 0.05) is 35.9 Å². The molecule has 1 aliphatic heterocycles. The minimum atomic E-state index is 0.563. The maximum absolute atomic E-state index is 4.30. The second-order valence-electron chi connectivity index (χ2n) is 4.07. The van der Waals surface area contributed by atoms with E-state index in [2.05, 4.69) is 20.5 Å². The first-order valence-electron chi connectivity index (χ1n) is 5.44. The smallest absolute Gasteiger partial charge is 0.0954 e. The minimum absolute atomic E-state index is 0.563. The number of pyridine rings is 1. The average molecular weight is 202 g/mol. The van der Waals surface area contributed by atoms with Gasteiger partial charge in [-0.3, -0.25) is 10.1 Å². The highest BCUT2D eigenvalue weighted by Gasteiger charge is 2.19. The van der Waals surface area contributed by atoms with Gasteiger partial charge in [-0.15, -0.1) is 0 Å². The van der Waals surface area contributed by atoms with Crippen molar-refractivity contribution >= 4 is 10.9 Å². The maximum Gasteiger partial charge on any atom is 0.0954 e. The van der Waals surface area contributed by atoms with Crippen LogP contribution in [0.1, 0.15) is 24.5 Å². The molecule has 2 aromatic rings. The van der Waals surface area contributed by atoms with Gasteiger partial charge < -0.3 is 5.32 Å². The Morgan fingerprint density at radius 2 is 2.40 bits per heavy atom. The van der Waals surface area contributed by atoms with Gasteiger partial charge in [0.15, 0.2) is 0 Å². The van der Waals surface area contributed by atoms with Crippen LogP contribution in [0.25, 0.3) is 10.9 Å². The molecule has 0 radical (unpaired) electrons. The molecule has 3 rings (SSSR count). The standard InChI is InChI=1S/C11H14N4/c1-2-8(6-12-4-1)11-9-7-13-5-3-10(9)14-15-11/h3,5,7-8,12H,1-2,4,6H2,(H,14,15). The molecule has 4 heteroatoms. The van der Waals surface area contributed by atoms with Gasteiger partial charge >= 0.3 is 0 Å². The monoisotopic (exact) mass is 202 g/mol. The van der Waals surface area contributed by atoms with Crippen LogP contribution in [0.2, 0.25) is 0 Å². The first kappa shape index (κ1) is 8.85. The van der Waals surface area contributed by atoms with E-state index in [1.165, 1.54) is 23.9 Å². The molecular formula is C11H14N4. The Hall–Kier alpha value is -1.42. The van der Waals surface area contributed by atoms with Crippen LogP contribution in [0.5, 0.6) is 0 Å². The number of aromatic amines is 1. The van der Waals surface area contributed by atoms with Crippen molar-refractivity contribution in [3.8, 4) is 0 Å². The Balaban J connectivity index is 2.02. The maximum atomic E-state index is 4.30. The second-order valence-corrected chi connectivity index (χ2v) is 4.07. The minimum Gasteiger partial charge on any atom is -0.316 e. The zero-order valence-electron chi connectivity index (χ0n) is 8.53. The summed E-state index contributed by atoms with van der Waals surface area (Å²) < 4.78 is 0. The summed E-state index contributed by atoms with van der Waals surface area (Å²) in [7, 11) is 0. The van der Waals surface area contributed by atoms with Gasteiger partial charge in [-0.2, -0.15) is 5.10 Å². The van der Waals surface area contributed by atoms with Crippen LogP contribution in [-0.2, 0) is 0 Å². The van der Waals surface area contributed by atoms with Crippen LogP contribution in [-0.4, -0.2) is 28.3 Å². The fraction of sp³-hybridized carbons (Fsp3) is 0.455. The van der Waals surface area contributed by atoms with Crippen molar-refractivity contribution in [3.05, 3.63) is 24.2 Å². The molecule has 0 amide bonds. The largest absolute Gasteiger partial charge is 0.316 e. The van der Waals surface area contributed by atoms with Crippen molar-refractivity contribution in [1.82, 2.24) is 20.5 Å². The number of aromatic nitrogens is 3. The van der Waals surface area contributed by atoms with Gasteiger partial charge in [0.2, 0.25) is 0 Å². The van der Waals surface area contributed by atoms with E-state index >= 15 is 0 Å². The fourth-order valence-electron chi connectivity index (χ4n) is 2.28. The molecule has 3 heterocycles. The molecule has 1 fully saturated rings. The zero-order chi connectivity index (χ0) is 10.1. The molecule has 15 heavy (non-hydrogen) atoms. The van der Waals surface area contributed by atoms with Gasteiger partial charge in [0.05, 0.1) is 5.52 Å². The summed E-state index contributed by atoms with van der Waals surface area (Å²) in [6.45, 7) is 2.19. The molecule has 0 aromatic carbocycles. The summed E-state index contributed by atoms with van der Waals surface area (Å²) in [5.41, 5.74) is 2.26. The van der Waals surface area contributed by atoms with Gasteiger partial charge in [0.25, 0.3) is 0 Å². The zero-order valence-corrected chi connectivity index (χ0v) is 8.53. The lowest BCUT2D eigenvalue weighted by Crippen LogP contribution is -2.28. The van der Waals surface area contributed by atoms with Crippen molar-refractivity contribution in [2.45, 2.75) is 18.8 Å². The lowest BCUT2D eigenvalue weighted by Gasteiger charge is -2.21. The Morgan fingerprint density at radius 1 is 1.40 bits per heavy atom. The number of rotatable bonds is 1. The molecule has 2 N–H and O–H groups in total. The van der Waals surface area contributed by atoms with Crippen LogP contribution < -0.4 is 5.32 Å². The number of hydrogen-bond acceptors (Lipinski definition) is 3. The number of hydrogen-bond donors (Lipinski definition) is 2. The van der Waals surface area contributed by atoms with E-state index in [9.17, 15) is 0 Å². The Labute approximate surface area is 88.1 Å². The lowest BCUT2D eigenvalue weighted by molar-refractivity contribution is 0.456. The molecule has 0 aliphatic carbocycles. The highest BCUT2D eigenvalue weighted by molar-refractivity contribution is 5.80. The molecule has 0 spiro atoms. The van der Waals surface area contributed by atoms with E-state index in [4.69, 9.17) is 0 Å². The molecule has 2 aromatic heterocycles. The quantitative estimate of drug-likeness (QED) is 0.735. The van der Waals surface area contributed by atoms with Crippen molar-refractivity contribution in [3.63, 3.8) is 0 Å². The van der Waals surface area contributed by atoms with Crippen molar-refractivity contribution in [2.75, 3.05) is 13.1 Å². The number of piperidine rings is 1. The Bertz CT molecular complexity index is 456. The topological polar surface area (TPSA) is 53.6 Å². The van der Waals surface area contributed by atoms with E-state index in [1.54, 1.807) is 6.20 Å². The summed E-state index contributed by atoms with van der Waals surface area (Å²) in [6.07, 6.45) is 6.17. The molecule has 78 valence electrons. The van der Waals surface area contributed by atoms with Crippen molar-refractivity contribution in [1.29, 1.82) is 0 Å². The summed E-state index contributed by atoms with van der Waals surface area (Å²) >= 11 is 0. The predicted octanol–water partition coefficient (Wildman–Crippen LogP) is 1.42. The average Bonchev–Trinajstić information content (AvgIpc) is 2.74. The Morgan fingerprint density at radius 3 is 3.27 bits per heavy atom. The lowest BCUT2D eigenvalue weighted by atomic mass is 9.94. The van der Waals surface area contributed by atoms with Gasteiger partial charge in [-0.05, 0) is 25.5 Å². The van der Waals surface area contributed by atoms with Gasteiger partial charge in [0.1, 0.15) is 0 Å². The van der Waals surface area contributed by atoms with Crippen LogP contribution in [0.15, 0.2) is 18.5 Å². The van der Waals surface area contributed by atoms with Crippen molar-refractivity contribution < 1.29 is 0 Å². The number of H-pyrrole nitrogens is 1. The van der Waals surface area contributed by atoms with Crippen LogP contribution >= 0.6 is 0 Å². The third-order valence-corrected chi connectivity index (χ3v) is 3.09.